The predicted octanol–water partition coefficient (Wildman–Crippen LogP) is 1.82. The van der Waals surface area contributed by atoms with Crippen molar-refractivity contribution >= 4 is 11.7 Å². The molecule has 1 aromatic carbocycles. The van der Waals surface area contributed by atoms with Crippen LogP contribution in [0.5, 0.6) is 11.6 Å². The summed E-state index contributed by atoms with van der Waals surface area (Å²) >= 11 is 0. The van der Waals surface area contributed by atoms with Gasteiger partial charge < -0.3 is 20.3 Å². The molecule has 0 saturated carbocycles. The molecule has 3 N–H and O–H groups in total. The molecule has 0 saturated heterocycles. The Morgan fingerprint density at radius 3 is 2.60 bits per heavy atom. The largest absolute Gasteiger partial charge is 0.490 e. The molecule has 6 nitrogen and oxygen atoms in total. The Labute approximate surface area is 115 Å². The molecular formula is C14H14N2O4. The van der Waals surface area contributed by atoms with Crippen molar-refractivity contribution in [1.82, 2.24) is 4.98 Å². The lowest BCUT2D eigenvalue weighted by Crippen LogP contribution is -2.11. The normalized spacial score (nSPS) is 10.0. The highest BCUT2D eigenvalue weighted by Crippen LogP contribution is 2.16. The van der Waals surface area contributed by atoms with Crippen LogP contribution in [0.4, 0.5) is 5.69 Å². The quantitative estimate of drug-likeness (QED) is 0.780. The standard InChI is InChI=1S/C14H14N2O4/c15-12-9-16-13(8-11(12)14(17)18)20-7-6-19-10-4-2-1-3-5-10/h1-5,8-9H,6-7,15H2,(H,17,18). The molecule has 0 spiro atoms. The average molecular weight is 274 g/mol. The lowest BCUT2D eigenvalue weighted by Gasteiger charge is -2.08. The minimum atomic E-state index is -1.12. The second-order valence-electron chi connectivity index (χ2n) is 3.92. The Bertz CT molecular complexity index is 587. The minimum Gasteiger partial charge on any atom is -0.490 e. The Morgan fingerprint density at radius 2 is 1.90 bits per heavy atom. The van der Waals surface area contributed by atoms with Gasteiger partial charge in [0.25, 0.3) is 0 Å². The van der Waals surface area contributed by atoms with Gasteiger partial charge in [0.1, 0.15) is 19.0 Å². The van der Waals surface area contributed by atoms with E-state index in [0.717, 1.165) is 5.75 Å². The van der Waals surface area contributed by atoms with Crippen LogP contribution in [0.15, 0.2) is 42.6 Å². The van der Waals surface area contributed by atoms with Crippen molar-refractivity contribution in [3.8, 4) is 11.6 Å². The number of benzene rings is 1. The summed E-state index contributed by atoms with van der Waals surface area (Å²) in [6, 6.07) is 10.6. The first-order chi connectivity index (χ1) is 9.66. The van der Waals surface area contributed by atoms with Crippen LogP contribution in [-0.2, 0) is 0 Å². The summed E-state index contributed by atoms with van der Waals surface area (Å²) in [5.41, 5.74) is 5.57. The number of nitrogen functional groups attached to an aromatic ring is 1. The van der Waals surface area contributed by atoms with Crippen LogP contribution in [0.3, 0.4) is 0 Å². The van der Waals surface area contributed by atoms with E-state index in [0.29, 0.717) is 6.61 Å². The highest BCUT2D eigenvalue weighted by atomic mass is 16.5. The van der Waals surface area contributed by atoms with Gasteiger partial charge in [-0.15, -0.1) is 0 Å². The number of hydrogen-bond donors (Lipinski definition) is 2. The van der Waals surface area contributed by atoms with Gasteiger partial charge in [-0.2, -0.15) is 0 Å². The lowest BCUT2D eigenvalue weighted by atomic mass is 10.2. The summed E-state index contributed by atoms with van der Waals surface area (Å²) in [7, 11) is 0. The first-order valence-corrected chi connectivity index (χ1v) is 5.96. The van der Waals surface area contributed by atoms with Gasteiger partial charge in [-0.05, 0) is 12.1 Å². The van der Waals surface area contributed by atoms with E-state index in [2.05, 4.69) is 4.98 Å². The Hall–Kier alpha value is -2.76. The molecule has 0 aliphatic carbocycles. The SMILES string of the molecule is Nc1cnc(OCCOc2ccccc2)cc1C(=O)O. The van der Waals surface area contributed by atoms with Crippen LogP contribution in [0.25, 0.3) is 0 Å². The number of carbonyl (C=O) groups is 1. The number of pyridine rings is 1. The molecule has 0 bridgehead atoms. The van der Waals surface area contributed by atoms with Gasteiger partial charge in [0.05, 0.1) is 17.4 Å². The highest BCUT2D eigenvalue weighted by molar-refractivity contribution is 5.93. The minimum absolute atomic E-state index is 0.0287. The molecule has 104 valence electrons. The van der Waals surface area contributed by atoms with Crippen molar-refractivity contribution in [3.05, 3.63) is 48.2 Å². The van der Waals surface area contributed by atoms with E-state index in [1.807, 2.05) is 30.3 Å². The second kappa shape index (κ2) is 6.42. The van der Waals surface area contributed by atoms with Crippen LogP contribution in [0.2, 0.25) is 0 Å². The van der Waals surface area contributed by atoms with E-state index in [4.69, 9.17) is 20.3 Å². The Balaban J connectivity index is 1.85. The topological polar surface area (TPSA) is 94.7 Å². The number of aromatic nitrogens is 1. The highest BCUT2D eigenvalue weighted by Gasteiger charge is 2.10. The molecular weight excluding hydrogens is 260 g/mol. The summed E-state index contributed by atoms with van der Waals surface area (Å²) in [5.74, 6) is -0.170. The zero-order valence-electron chi connectivity index (χ0n) is 10.7. The number of anilines is 1. The summed E-state index contributed by atoms with van der Waals surface area (Å²) in [6.45, 7) is 0.587. The van der Waals surface area contributed by atoms with Crippen LogP contribution in [0, 0.1) is 0 Å². The number of para-hydroxylation sites is 1. The molecule has 0 unspecified atom stereocenters. The van der Waals surface area contributed by atoms with Gasteiger partial charge in [-0.1, -0.05) is 18.2 Å². The molecule has 0 radical (unpaired) electrons. The van der Waals surface area contributed by atoms with Crippen LogP contribution in [0.1, 0.15) is 10.4 Å². The zero-order valence-corrected chi connectivity index (χ0v) is 10.7. The third kappa shape index (κ3) is 3.61. The number of carboxylic acids is 1. The zero-order chi connectivity index (χ0) is 14.4. The molecule has 1 heterocycles. The third-order valence-electron chi connectivity index (χ3n) is 2.49. The van der Waals surface area contributed by atoms with E-state index in [9.17, 15) is 4.79 Å². The number of nitrogens with two attached hydrogens (primary N) is 1. The van der Waals surface area contributed by atoms with E-state index >= 15 is 0 Å². The van der Waals surface area contributed by atoms with E-state index in [1.54, 1.807) is 0 Å². The fourth-order valence-electron chi connectivity index (χ4n) is 1.53. The maximum Gasteiger partial charge on any atom is 0.338 e. The summed E-state index contributed by atoms with van der Waals surface area (Å²) < 4.78 is 10.8. The Morgan fingerprint density at radius 1 is 1.20 bits per heavy atom. The van der Waals surface area contributed by atoms with E-state index < -0.39 is 5.97 Å². The molecule has 1 aromatic heterocycles. The number of aromatic carboxylic acids is 1. The van der Waals surface area contributed by atoms with Gasteiger partial charge in [0.15, 0.2) is 0 Å². The van der Waals surface area contributed by atoms with Crippen molar-refractivity contribution < 1.29 is 19.4 Å². The van der Waals surface area contributed by atoms with Gasteiger partial charge in [-0.3, -0.25) is 0 Å². The predicted molar refractivity (Wildman–Crippen MR) is 73.0 cm³/mol. The maximum absolute atomic E-state index is 10.9. The fourth-order valence-corrected chi connectivity index (χ4v) is 1.53. The van der Waals surface area contributed by atoms with Gasteiger partial charge in [0, 0.05) is 6.07 Å². The first-order valence-electron chi connectivity index (χ1n) is 5.96. The van der Waals surface area contributed by atoms with Gasteiger partial charge in [0.2, 0.25) is 5.88 Å². The van der Waals surface area contributed by atoms with E-state index in [-0.39, 0.29) is 23.7 Å². The van der Waals surface area contributed by atoms with Gasteiger partial charge in [-0.25, -0.2) is 9.78 Å². The molecule has 6 heteroatoms. The van der Waals surface area contributed by atoms with E-state index in [1.165, 1.54) is 12.3 Å². The summed E-state index contributed by atoms with van der Waals surface area (Å²) in [4.78, 5) is 14.8. The molecule has 2 aromatic rings. The molecule has 0 fully saturated rings. The second-order valence-corrected chi connectivity index (χ2v) is 3.92. The van der Waals surface area contributed by atoms with Crippen molar-refractivity contribution in [2.24, 2.45) is 0 Å². The molecule has 0 atom stereocenters. The number of nitrogens with zero attached hydrogens (tertiary/aromatic N) is 1. The number of rotatable bonds is 6. The molecule has 0 aliphatic heterocycles. The van der Waals surface area contributed by atoms with Crippen molar-refractivity contribution in [3.63, 3.8) is 0 Å². The average Bonchev–Trinajstić information content (AvgIpc) is 2.46. The van der Waals surface area contributed by atoms with Crippen molar-refractivity contribution in [1.29, 1.82) is 0 Å². The van der Waals surface area contributed by atoms with Crippen LogP contribution < -0.4 is 15.2 Å². The van der Waals surface area contributed by atoms with Crippen molar-refractivity contribution in [2.75, 3.05) is 18.9 Å². The van der Waals surface area contributed by atoms with Crippen LogP contribution in [-0.4, -0.2) is 29.3 Å². The summed E-state index contributed by atoms with van der Waals surface area (Å²) in [5, 5.41) is 8.92. The molecule has 0 aliphatic rings. The lowest BCUT2D eigenvalue weighted by molar-refractivity contribution is 0.0697. The third-order valence-corrected chi connectivity index (χ3v) is 2.49. The monoisotopic (exact) mass is 274 g/mol. The molecule has 2 rings (SSSR count). The van der Waals surface area contributed by atoms with Gasteiger partial charge >= 0.3 is 5.97 Å². The first kappa shape index (κ1) is 13.7. The maximum atomic E-state index is 10.9. The molecule has 20 heavy (non-hydrogen) atoms. The number of carboxylic acid groups (broad SMARTS) is 1. The Kier molecular flexibility index (Phi) is 4.39. The number of ether oxygens (including phenoxy) is 2. The van der Waals surface area contributed by atoms with Crippen LogP contribution >= 0.6 is 0 Å². The fraction of sp³-hybridized carbons (Fsp3) is 0.143. The summed E-state index contributed by atoms with van der Waals surface area (Å²) in [6.07, 6.45) is 1.26. The molecule has 0 amide bonds. The smallest absolute Gasteiger partial charge is 0.338 e. The van der Waals surface area contributed by atoms with Crippen molar-refractivity contribution in [2.45, 2.75) is 0 Å². The number of hydrogen-bond acceptors (Lipinski definition) is 5.